The Morgan fingerprint density at radius 2 is 0.786 bits per heavy atom. The van der Waals surface area contributed by atoms with Crippen molar-refractivity contribution in [3.05, 3.63) is 46.6 Å². The van der Waals surface area contributed by atoms with Crippen LogP contribution in [0.3, 0.4) is 0 Å². The van der Waals surface area contributed by atoms with E-state index in [1.165, 1.54) is 0 Å². The Balaban J connectivity index is 1.88. The number of hydrogen-bond donors (Lipinski definition) is 0. The summed E-state index contributed by atoms with van der Waals surface area (Å²) in [6.45, 7) is 0. The largest absolute Gasteiger partial charge is 0.0581 e. The van der Waals surface area contributed by atoms with Gasteiger partial charge in [0.2, 0.25) is 0 Å². The minimum absolute atomic E-state index is 0.995. The number of fused-ring (bicyclic) bond motifs is 11. The zero-order valence-corrected chi connectivity index (χ0v) is 7.77. The van der Waals surface area contributed by atoms with Gasteiger partial charge in [-0.25, -0.2) is 0 Å². The molecule has 66 valence electrons. The fraction of sp³-hybridized carbons (Fsp3) is 0.429. The van der Waals surface area contributed by atoms with Crippen molar-refractivity contribution >= 4 is 0 Å². The van der Waals surface area contributed by atoms with Crippen LogP contribution in [0.5, 0.6) is 0 Å². The van der Waals surface area contributed by atoms with E-state index >= 15 is 0 Å². The van der Waals surface area contributed by atoms with Crippen molar-refractivity contribution < 1.29 is 0 Å². The molecule has 0 spiro atoms. The van der Waals surface area contributed by atoms with Gasteiger partial charge >= 0.3 is 0 Å². The van der Waals surface area contributed by atoms with Crippen LogP contribution in [0.15, 0.2) is 46.6 Å². The monoisotopic (exact) mass is 178 g/mol. The molecule has 0 aliphatic heterocycles. The van der Waals surface area contributed by atoms with Crippen LogP contribution in [0.25, 0.3) is 0 Å². The van der Waals surface area contributed by atoms with Gasteiger partial charge in [0.15, 0.2) is 0 Å². The molecule has 0 aromatic rings. The number of hydrogen-bond acceptors (Lipinski definition) is 0. The quantitative estimate of drug-likeness (QED) is 0.534. The minimum Gasteiger partial charge on any atom is -0.0581 e. The molecule has 0 saturated heterocycles. The summed E-state index contributed by atoms with van der Waals surface area (Å²) in [6.07, 6.45) is 9.72. The third-order valence-electron chi connectivity index (χ3n) is 5.86. The number of allylic oxidation sites excluding steroid dienone is 8. The molecule has 0 N–H and O–H groups in total. The smallest absolute Gasteiger partial charge is 0.00497 e. The van der Waals surface area contributed by atoms with E-state index in [0.717, 1.165) is 35.5 Å². The van der Waals surface area contributed by atoms with Gasteiger partial charge in [0.1, 0.15) is 0 Å². The first kappa shape index (κ1) is 5.75. The van der Waals surface area contributed by atoms with Crippen molar-refractivity contribution in [3.8, 4) is 0 Å². The molecule has 0 aromatic carbocycles. The van der Waals surface area contributed by atoms with E-state index < -0.39 is 0 Å². The van der Waals surface area contributed by atoms with Crippen molar-refractivity contribution in [3.63, 3.8) is 0 Å². The van der Waals surface area contributed by atoms with E-state index in [-0.39, 0.29) is 0 Å². The summed E-state index contributed by atoms with van der Waals surface area (Å²) < 4.78 is 0. The first-order chi connectivity index (χ1) is 6.97. The van der Waals surface area contributed by atoms with Crippen LogP contribution < -0.4 is 0 Å². The second kappa shape index (κ2) is 1.32. The molecular formula is C14H10. The summed E-state index contributed by atoms with van der Waals surface area (Å²) in [7, 11) is 0. The van der Waals surface area contributed by atoms with E-state index in [9.17, 15) is 0 Å². The third-order valence-corrected chi connectivity index (χ3v) is 5.86. The molecule has 5 rings (SSSR count). The van der Waals surface area contributed by atoms with Crippen molar-refractivity contribution in [2.45, 2.75) is 0 Å². The van der Waals surface area contributed by atoms with Crippen molar-refractivity contribution in [2.24, 2.45) is 35.5 Å². The molecule has 0 heteroatoms. The fourth-order valence-corrected chi connectivity index (χ4v) is 5.44. The lowest BCUT2D eigenvalue weighted by atomic mass is 9.25. The Morgan fingerprint density at radius 3 is 1.07 bits per heavy atom. The summed E-state index contributed by atoms with van der Waals surface area (Å²) >= 11 is 0. The van der Waals surface area contributed by atoms with E-state index in [4.69, 9.17) is 0 Å². The van der Waals surface area contributed by atoms with Gasteiger partial charge in [-0.2, -0.15) is 0 Å². The molecule has 4 atom stereocenters. The Kier molecular flexibility index (Phi) is 0.543. The average molecular weight is 178 g/mol. The molecule has 14 heavy (non-hydrogen) atoms. The second-order valence-corrected chi connectivity index (χ2v) is 5.75. The summed E-state index contributed by atoms with van der Waals surface area (Å²) in [5.74, 6) is 6.14. The normalized spacial score (nSPS) is 61.1. The molecule has 5 aliphatic carbocycles. The summed E-state index contributed by atoms with van der Waals surface area (Å²) in [5.41, 5.74) is 6.80. The molecule has 2 fully saturated rings. The lowest BCUT2D eigenvalue weighted by Gasteiger charge is -2.78. The van der Waals surface area contributed by atoms with Gasteiger partial charge in [-0.1, -0.05) is 24.3 Å². The van der Waals surface area contributed by atoms with Crippen LogP contribution in [0.1, 0.15) is 0 Å². The van der Waals surface area contributed by atoms with Gasteiger partial charge in [-0.05, 0) is 57.8 Å². The minimum atomic E-state index is 0.995. The highest BCUT2D eigenvalue weighted by molar-refractivity contribution is 5.67. The van der Waals surface area contributed by atoms with Gasteiger partial charge < -0.3 is 0 Å². The Morgan fingerprint density at radius 1 is 0.500 bits per heavy atom. The first-order valence-corrected chi connectivity index (χ1v) is 5.81. The SMILES string of the molecule is C1=CC2=C3C=CC4=C1C1C4C4C2C3C14. The highest BCUT2D eigenvalue weighted by Crippen LogP contribution is 2.81. The molecule has 0 aromatic heterocycles. The van der Waals surface area contributed by atoms with Gasteiger partial charge in [-0.15, -0.1) is 0 Å². The maximum absolute atomic E-state index is 2.43. The summed E-state index contributed by atoms with van der Waals surface area (Å²) in [4.78, 5) is 0. The average Bonchev–Trinajstić information content (AvgIpc) is 2.05. The molecular weight excluding hydrogens is 168 g/mol. The lowest BCUT2D eigenvalue weighted by Crippen LogP contribution is -2.73. The third kappa shape index (κ3) is 0.293. The molecule has 0 radical (unpaired) electrons. The van der Waals surface area contributed by atoms with Crippen LogP contribution in [0.4, 0.5) is 0 Å². The highest BCUT2D eigenvalue weighted by atomic mass is 14.8. The van der Waals surface area contributed by atoms with E-state index in [0.29, 0.717) is 0 Å². The standard InChI is InChI=1S/C14H10/c1-2-6-8-4-3-7-5(1)9-11(7)14-10(6)12(8)13(9)14/h1-4,9-14H. The topological polar surface area (TPSA) is 0 Å². The molecule has 5 aliphatic rings. The maximum atomic E-state index is 2.43. The molecule has 0 heterocycles. The predicted molar refractivity (Wildman–Crippen MR) is 53.3 cm³/mol. The molecule has 0 nitrogen and oxygen atoms in total. The zero-order valence-electron chi connectivity index (χ0n) is 7.77. The van der Waals surface area contributed by atoms with Crippen LogP contribution in [0, 0.1) is 35.5 Å². The Labute approximate surface area is 82.7 Å². The van der Waals surface area contributed by atoms with Crippen molar-refractivity contribution in [1.29, 1.82) is 0 Å². The highest BCUT2D eigenvalue weighted by Gasteiger charge is 2.76. The second-order valence-electron chi connectivity index (χ2n) is 5.75. The number of rotatable bonds is 0. The van der Waals surface area contributed by atoms with Gasteiger partial charge in [0.05, 0.1) is 0 Å². The maximum Gasteiger partial charge on any atom is -0.00497 e. The molecule has 2 saturated carbocycles. The van der Waals surface area contributed by atoms with Gasteiger partial charge in [0, 0.05) is 0 Å². The lowest BCUT2D eigenvalue weighted by molar-refractivity contribution is -0.180. The van der Waals surface area contributed by atoms with Crippen LogP contribution in [-0.2, 0) is 0 Å². The first-order valence-electron chi connectivity index (χ1n) is 5.81. The van der Waals surface area contributed by atoms with Gasteiger partial charge in [-0.3, -0.25) is 0 Å². The van der Waals surface area contributed by atoms with Crippen LogP contribution in [-0.4, -0.2) is 0 Å². The van der Waals surface area contributed by atoms with E-state index in [2.05, 4.69) is 24.3 Å². The predicted octanol–water partition coefficient (Wildman–Crippen LogP) is 2.47. The van der Waals surface area contributed by atoms with Crippen LogP contribution >= 0.6 is 0 Å². The Bertz CT molecular complexity index is 446. The van der Waals surface area contributed by atoms with Crippen LogP contribution in [0.2, 0.25) is 0 Å². The van der Waals surface area contributed by atoms with Crippen molar-refractivity contribution in [2.75, 3.05) is 0 Å². The van der Waals surface area contributed by atoms with Crippen molar-refractivity contribution in [1.82, 2.24) is 0 Å². The summed E-state index contributed by atoms with van der Waals surface area (Å²) in [5, 5.41) is 0. The molecule has 0 amide bonds. The Hall–Kier alpha value is -1.04. The van der Waals surface area contributed by atoms with E-state index in [1.807, 2.05) is 0 Å². The van der Waals surface area contributed by atoms with Gasteiger partial charge in [0.25, 0.3) is 0 Å². The van der Waals surface area contributed by atoms with E-state index in [1.54, 1.807) is 22.3 Å². The molecule has 0 bridgehead atoms. The fourth-order valence-electron chi connectivity index (χ4n) is 5.44. The summed E-state index contributed by atoms with van der Waals surface area (Å²) in [6, 6.07) is 0. The zero-order chi connectivity index (χ0) is 8.60. The molecule has 4 unspecified atom stereocenters.